The van der Waals surface area contributed by atoms with Crippen LogP contribution in [-0.2, 0) is 11.3 Å². The van der Waals surface area contributed by atoms with Crippen LogP contribution in [0.5, 0.6) is 5.88 Å². The molecule has 3 aromatic rings. The number of thiophene rings is 1. The number of ether oxygens (including phenoxy) is 2. The predicted molar refractivity (Wildman–Crippen MR) is 106 cm³/mol. The summed E-state index contributed by atoms with van der Waals surface area (Å²) in [5.74, 6) is 0.624. The average molecular weight is 388 g/mol. The number of morpholine rings is 1. The van der Waals surface area contributed by atoms with Crippen LogP contribution in [0, 0.1) is 0 Å². The molecule has 0 saturated carbocycles. The second kappa shape index (κ2) is 8.35. The molecule has 0 bridgehead atoms. The number of benzene rings is 1. The van der Waals surface area contributed by atoms with Crippen LogP contribution in [0.3, 0.4) is 0 Å². The van der Waals surface area contributed by atoms with Crippen molar-refractivity contribution in [3.05, 3.63) is 47.6 Å². The van der Waals surface area contributed by atoms with E-state index in [0.29, 0.717) is 12.5 Å². The minimum atomic E-state index is 0.0532. The van der Waals surface area contributed by atoms with Gasteiger partial charge in [-0.1, -0.05) is 12.1 Å². The molecule has 136 valence electrons. The van der Waals surface area contributed by atoms with Crippen molar-refractivity contribution in [2.24, 2.45) is 0 Å². The lowest BCUT2D eigenvalue weighted by Crippen LogP contribution is -2.44. The van der Waals surface area contributed by atoms with Crippen molar-refractivity contribution in [1.82, 2.24) is 14.9 Å². The Kier molecular flexibility index (Phi) is 5.69. The zero-order chi connectivity index (χ0) is 17.8. The van der Waals surface area contributed by atoms with Gasteiger partial charge in [-0.25, -0.2) is 9.97 Å². The SMILES string of the molecule is CSc1ccc(CN2CCOC(COc3ncnc4ccccc34)C2)s1. The van der Waals surface area contributed by atoms with Crippen LogP contribution in [0.15, 0.2) is 46.9 Å². The van der Waals surface area contributed by atoms with Crippen LogP contribution < -0.4 is 4.74 Å². The molecule has 0 amide bonds. The van der Waals surface area contributed by atoms with E-state index in [1.807, 2.05) is 35.6 Å². The van der Waals surface area contributed by atoms with Crippen molar-refractivity contribution in [2.75, 3.05) is 32.6 Å². The highest BCUT2D eigenvalue weighted by Crippen LogP contribution is 2.26. The lowest BCUT2D eigenvalue weighted by Gasteiger charge is -2.32. The highest BCUT2D eigenvalue weighted by molar-refractivity contribution is 8.00. The van der Waals surface area contributed by atoms with Gasteiger partial charge in [0.25, 0.3) is 0 Å². The Balaban J connectivity index is 1.36. The molecule has 2 aromatic heterocycles. The summed E-state index contributed by atoms with van der Waals surface area (Å²) in [5, 5.41) is 0.936. The first-order valence-electron chi connectivity index (χ1n) is 8.61. The van der Waals surface area contributed by atoms with E-state index in [0.717, 1.165) is 37.1 Å². The lowest BCUT2D eigenvalue weighted by molar-refractivity contribution is -0.0505. The molecule has 1 fully saturated rings. The molecule has 1 atom stereocenters. The molecule has 0 aliphatic carbocycles. The summed E-state index contributed by atoms with van der Waals surface area (Å²) in [6, 6.07) is 12.3. The van der Waals surface area contributed by atoms with Gasteiger partial charge in [0, 0.05) is 24.5 Å². The molecule has 1 saturated heterocycles. The van der Waals surface area contributed by atoms with Gasteiger partial charge in [-0.05, 0) is 30.5 Å². The van der Waals surface area contributed by atoms with Gasteiger partial charge in [0.2, 0.25) is 5.88 Å². The van der Waals surface area contributed by atoms with Crippen LogP contribution >= 0.6 is 23.1 Å². The van der Waals surface area contributed by atoms with E-state index >= 15 is 0 Å². The summed E-state index contributed by atoms with van der Waals surface area (Å²) in [6.07, 6.45) is 3.72. The maximum absolute atomic E-state index is 5.98. The number of para-hydroxylation sites is 1. The molecule has 1 aromatic carbocycles. The Morgan fingerprint density at radius 2 is 2.19 bits per heavy atom. The van der Waals surface area contributed by atoms with Crippen LogP contribution in [0.1, 0.15) is 4.88 Å². The van der Waals surface area contributed by atoms with Crippen LogP contribution in [0.2, 0.25) is 0 Å². The highest BCUT2D eigenvalue weighted by atomic mass is 32.2. The number of nitrogens with zero attached hydrogens (tertiary/aromatic N) is 3. The summed E-state index contributed by atoms with van der Waals surface area (Å²) in [6.45, 7) is 4.04. The molecule has 7 heteroatoms. The predicted octanol–water partition coefficient (Wildman–Crippen LogP) is 3.69. The minimum absolute atomic E-state index is 0.0532. The van der Waals surface area contributed by atoms with Crippen LogP contribution in [0.4, 0.5) is 0 Å². The van der Waals surface area contributed by atoms with E-state index in [1.165, 1.54) is 9.09 Å². The zero-order valence-electron chi connectivity index (χ0n) is 14.6. The van der Waals surface area contributed by atoms with Crippen molar-refractivity contribution in [1.29, 1.82) is 0 Å². The third-order valence-electron chi connectivity index (χ3n) is 4.35. The maximum Gasteiger partial charge on any atom is 0.224 e. The molecule has 26 heavy (non-hydrogen) atoms. The molecule has 3 heterocycles. The van der Waals surface area contributed by atoms with Crippen molar-refractivity contribution in [2.45, 2.75) is 16.9 Å². The molecule has 0 N–H and O–H groups in total. The molecule has 5 nitrogen and oxygen atoms in total. The Morgan fingerprint density at radius 3 is 3.08 bits per heavy atom. The van der Waals surface area contributed by atoms with E-state index in [4.69, 9.17) is 9.47 Å². The van der Waals surface area contributed by atoms with Crippen LogP contribution in [-0.4, -0.2) is 53.5 Å². The highest BCUT2D eigenvalue weighted by Gasteiger charge is 2.22. The first-order valence-corrected chi connectivity index (χ1v) is 10.6. The maximum atomic E-state index is 5.98. The van der Waals surface area contributed by atoms with Crippen LogP contribution in [0.25, 0.3) is 10.9 Å². The molecule has 0 spiro atoms. The molecular weight excluding hydrogens is 366 g/mol. The fourth-order valence-corrected chi connectivity index (χ4v) is 4.70. The standard InChI is InChI=1S/C19H21N3O2S2/c1-25-18-7-6-15(26-18)11-22-8-9-23-14(10-22)12-24-19-16-4-2-3-5-17(16)20-13-21-19/h2-7,13-14H,8-12H2,1H3. The number of aromatic nitrogens is 2. The number of fused-ring (bicyclic) bond motifs is 1. The van der Waals surface area contributed by atoms with E-state index in [1.54, 1.807) is 18.1 Å². The zero-order valence-corrected chi connectivity index (χ0v) is 16.3. The summed E-state index contributed by atoms with van der Waals surface area (Å²) >= 11 is 3.67. The summed E-state index contributed by atoms with van der Waals surface area (Å²) in [5.41, 5.74) is 0.894. The van der Waals surface area contributed by atoms with Crippen molar-refractivity contribution in [3.63, 3.8) is 0 Å². The van der Waals surface area contributed by atoms with Crippen molar-refractivity contribution >= 4 is 34.0 Å². The van der Waals surface area contributed by atoms with Gasteiger partial charge in [-0.15, -0.1) is 23.1 Å². The van der Waals surface area contributed by atoms with Gasteiger partial charge in [-0.2, -0.15) is 0 Å². The second-order valence-electron chi connectivity index (χ2n) is 6.16. The number of rotatable bonds is 6. The molecular formula is C19H21N3O2S2. The van der Waals surface area contributed by atoms with Gasteiger partial charge in [-0.3, -0.25) is 4.90 Å². The largest absolute Gasteiger partial charge is 0.474 e. The summed E-state index contributed by atoms with van der Waals surface area (Å²) in [7, 11) is 0. The fourth-order valence-electron chi connectivity index (χ4n) is 3.07. The topological polar surface area (TPSA) is 47.5 Å². The monoisotopic (exact) mass is 387 g/mol. The Morgan fingerprint density at radius 1 is 1.27 bits per heavy atom. The van der Waals surface area contributed by atoms with Gasteiger partial charge in [0.05, 0.1) is 21.7 Å². The molecule has 1 unspecified atom stereocenters. The lowest BCUT2D eigenvalue weighted by atomic mass is 10.2. The summed E-state index contributed by atoms with van der Waals surface area (Å²) < 4.78 is 13.2. The fraction of sp³-hybridized carbons (Fsp3) is 0.368. The van der Waals surface area contributed by atoms with E-state index in [9.17, 15) is 0 Å². The van der Waals surface area contributed by atoms with Crippen molar-refractivity contribution in [3.8, 4) is 5.88 Å². The molecule has 1 aliphatic heterocycles. The van der Waals surface area contributed by atoms with E-state index in [2.05, 4.69) is 33.3 Å². The summed E-state index contributed by atoms with van der Waals surface area (Å²) in [4.78, 5) is 12.4. The first-order chi connectivity index (χ1) is 12.8. The Hall–Kier alpha value is -1.67. The number of thioether (sulfide) groups is 1. The second-order valence-corrected chi connectivity index (χ2v) is 8.43. The van der Waals surface area contributed by atoms with Gasteiger partial charge >= 0.3 is 0 Å². The van der Waals surface area contributed by atoms with Gasteiger partial charge in [0.1, 0.15) is 19.0 Å². The normalized spacial score (nSPS) is 18.3. The van der Waals surface area contributed by atoms with E-state index in [-0.39, 0.29) is 6.10 Å². The molecule has 0 radical (unpaired) electrons. The van der Waals surface area contributed by atoms with Gasteiger partial charge < -0.3 is 9.47 Å². The van der Waals surface area contributed by atoms with Gasteiger partial charge in [0.15, 0.2) is 0 Å². The third kappa shape index (κ3) is 4.17. The Labute approximate surface area is 161 Å². The first kappa shape index (κ1) is 17.7. The Bertz CT molecular complexity index is 865. The quantitative estimate of drug-likeness (QED) is 0.601. The van der Waals surface area contributed by atoms with E-state index < -0.39 is 0 Å². The number of hydrogen-bond acceptors (Lipinski definition) is 7. The molecule has 4 rings (SSSR count). The van der Waals surface area contributed by atoms with Crippen molar-refractivity contribution < 1.29 is 9.47 Å². The number of hydrogen-bond donors (Lipinski definition) is 0. The molecule has 1 aliphatic rings. The smallest absolute Gasteiger partial charge is 0.224 e. The third-order valence-corrected chi connectivity index (χ3v) is 6.51. The average Bonchev–Trinajstić information content (AvgIpc) is 3.14. The minimum Gasteiger partial charge on any atom is -0.474 e.